The summed E-state index contributed by atoms with van der Waals surface area (Å²) in [6.45, 7) is 4.33. The summed E-state index contributed by atoms with van der Waals surface area (Å²) < 4.78 is 5.34. The molecule has 0 amide bonds. The highest BCUT2D eigenvalue weighted by Gasteiger charge is 2.10. The fraction of sp³-hybridized carbons (Fsp3) is 0.357. The molecule has 0 saturated heterocycles. The van der Waals surface area contributed by atoms with E-state index in [2.05, 4.69) is 16.3 Å². The molecule has 5 heteroatoms. The smallest absolute Gasteiger partial charge is 0.169 e. The zero-order valence-electron chi connectivity index (χ0n) is 10.3. The van der Waals surface area contributed by atoms with Crippen molar-refractivity contribution in [2.24, 2.45) is 0 Å². The molecule has 0 fully saturated rings. The summed E-state index contributed by atoms with van der Waals surface area (Å²) in [5.74, 6) is 0. The second-order valence-electron chi connectivity index (χ2n) is 3.71. The van der Waals surface area contributed by atoms with Crippen molar-refractivity contribution in [2.75, 3.05) is 6.61 Å². The molecular formula is C14H17N3OS. The van der Waals surface area contributed by atoms with Crippen LogP contribution in [0.2, 0.25) is 0 Å². The van der Waals surface area contributed by atoms with E-state index in [1.54, 1.807) is 11.3 Å². The normalized spacial score (nSPS) is 11.4. The third-order valence-corrected chi connectivity index (χ3v) is 3.32. The Hall–Kier alpha value is -1.77. The van der Waals surface area contributed by atoms with Gasteiger partial charge < -0.3 is 4.74 Å². The molecule has 1 heterocycles. The van der Waals surface area contributed by atoms with E-state index in [1.807, 2.05) is 38.1 Å². The molecule has 1 aromatic carbocycles. The minimum atomic E-state index is -0.500. The molecular weight excluding hydrogens is 258 g/mol. The number of nitrogens with zero attached hydrogens (tertiary/aromatic N) is 3. The summed E-state index contributed by atoms with van der Waals surface area (Å²) >= 11 is 1.55. The van der Waals surface area contributed by atoms with Crippen LogP contribution in [0.3, 0.4) is 0 Å². The van der Waals surface area contributed by atoms with Crippen LogP contribution >= 0.6 is 11.3 Å². The van der Waals surface area contributed by atoms with Gasteiger partial charge in [0.15, 0.2) is 6.10 Å². The van der Waals surface area contributed by atoms with E-state index in [4.69, 9.17) is 10.00 Å². The Kier molecular flexibility index (Phi) is 5.61. The Morgan fingerprint density at radius 2 is 2.00 bits per heavy atom. The van der Waals surface area contributed by atoms with E-state index >= 15 is 0 Å². The van der Waals surface area contributed by atoms with Gasteiger partial charge in [-0.15, -0.1) is 10.2 Å². The van der Waals surface area contributed by atoms with Crippen LogP contribution in [-0.2, 0) is 4.74 Å². The second-order valence-corrected chi connectivity index (χ2v) is 4.89. The van der Waals surface area contributed by atoms with Crippen molar-refractivity contribution in [1.29, 1.82) is 5.26 Å². The number of nitriles is 1. The Labute approximate surface area is 117 Å². The predicted molar refractivity (Wildman–Crippen MR) is 76.8 cm³/mol. The standard InChI is InChI=1S/C13H13N3OS.CH4/c1-3-17-12(8-14)10-4-6-11(7-5-10)13-16-15-9(2)18-13;/h4-7,12H,3H2,1-2H3;1H4. The van der Waals surface area contributed by atoms with Crippen molar-refractivity contribution in [3.05, 3.63) is 34.8 Å². The van der Waals surface area contributed by atoms with Crippen molar-refractivity contribution in [2.45, 2.75) is 27.4 Å². The highest BCUT2D eigenvalue weighted by molar-refractivity contribution is 7.14. The molecule has 1 aromatic heterocycles. The Bertz CT molecular complexity index is 557. The molecule has 2 rings (SSSR count). The van der Waals surface area contributed by atoms with Crippen molar-refractivity contribution >= 4 is 11.3 Å². The largest absolute Gasteiger partial charge is 0.359 e. The van der Waals surface area contributed by atoms with Crippen molar-refractivity contribution < 1.29 is 4.74 Å². The van der Waals surface area contributed by atoms with E-state index in [0.717, 1.165) is 21.1 Å². The average molecular weight is 275 g/mol. The minimum absolute atomic E-state index is 0. The van der Waals surface area contributed by atoms with E-state index in [9.17, 15) is 0 Å². The Morgan fingerprint density at radius 3 is 2.47 bits per heavy atom. The molecule has 0 aliphatic carbocycles. The lowest BCUT2D eigenvalue weighted by atomic mass is 10.1. The number of aromatic nitrogens is 2. The van der Waals surface area contributed by atoms with E-state index in [-0.39, 0.29) is 7.43 Å². The molecule has 0 N–H and O–H groups in total. The average Bonchev–Trinajstić information content (AvgIpc) is 2.83. The molecule has 19 heavy (non-hydrogen) atoms. The van der Waals surface area contributed by atoms with Crippen LogP contribution in [0.4, 0.5) is 0 Å². The summed E-state index contributed by atoms with van der Waals surface area (Å²) in [5.41, 5.74) is 1.88. The van der Waals surface area contributed by atoms with Gasteiger partial charge in [-0.3, -0.25) is 0 Å². The number of benzene rings is 1. The van der Waals surface area contributed by atoms with Gasteiger partial charge >= 0.3 is 0 Å². The van der Waals surface area contributed by atoms with Gasteiger partial charge in [-0.05, 0) is 19.4 Å². The lowest BCUT2D eigenvalue weighted by molar-refractivity contribution is 0.102. The number of rotatable bonds is 4. The van der Waals surface area contributed by atoms with Crippen molar-refractivity contribution in [3.8, 4) is 16.6 Å². The fourth-order valence-corrected chi connectivity index (χ4v) is 2.29. The zero-order chi connectivity index (χ0) is 13.0. The van der Waals surface area contributed by atoms with Crippen LogP contribution in [0.15, 0.2) is 24.3 Å². The van der Waals surface area contributed by atoms with Crippen molar-refractivity contribution in [3.63, 3.8) is 0 Å². The van der Waals surface area contributed by atoms with Crippen molar-refractivity contribution in [1.82, 2.24) is 10.2 Å². The van der Waals surface area contributed by atoms with E-state index in [1.165, 1.54) is 0 Å². The molecule has 0 radical (unpaired) electrons. The molecule has 100 valence electrons. The summed E-state index contributed by atoms with van der Waals surface area (Å²) in [6.07, 6.45) is -0.500. The maximum atomic E-state index is 9.00. The van der Waals surface area contributed by atoms with Gasteiger partial charge in [-0.2, -0.15) is 5.26 Å². The highest BCUT2D eigenvalue weighted by Crippen LogP contribution is 2.25. The van der Waals surface area contributed by atoms with Gasteiger partial charge in [0.2, 0.25) is 0 Å². The molecule has 4 nitrogen and oxygen atoms in total. The van der Waals surface area contributed by atoms with Gasteiger partial charge in [0.1, 0.15) is 10.0 Å². The Balaban J connectivity index is 0.00000180. The first-order chi connectivity index (χ1) is 8.74. The van der Waals surface area contributed by atoms with E-state index in [0.29, 0.717) is 6.61 Å². The van der Waals surface area contributed by atoms with Crippen LogP contribution in [0.25, 0.3) is 10.6 Å². The van der Waals surface area contributed by atoms with Gasteiger partial charge in [-0.25, -0.2) is 0 Å². The molecule has 2 aromatic rings. The fourth-order valence-electron chi connectivity index (χ4n) is 1.59. The lowest BCUT2D eigenvalue weighted by Gasteiger charge is -2.09. The SMILES string of the molecule is C.CCOC(C#N)c1ccc(-c2nnc(C)s2)cc1. The topological polar surface area (TPSA) is 58.8 Å². The summed E-state index contributed by atoms with van der Waals surface area (Å²) in [4.78, 5) is 0. The minimum Gasteiger partial charge on any atom is -0.359 e. The molecule has 0 saturated carbocycles. The molecule has 0 aliphatic heterocycles. The quantitative estimate of drug-likeness (QED) is 0.852. The third-order valence-electron chi connectivity index (χ3n) is 2.44. The van der Waals surface area contributed by atoms with Gasteiger partial charge in [0.25, 0.3) is 0 Å². The van der Waals surface area contributed by atoms with Crippen LogP contribution < -0.4 is 0 Å². The van der Waals surface area contributed by atoms with Crippen LogP contribution in [-0.4, -0.2) is 16.8 Å². The van der Waals surface area contributed by atoms with Crippen LogP contribution in [0.1, 0.15) is 31.0 Å². The van der Waals surface area contributed by atoms with Gasteiger partial charge in [0, 0.05) is 12.2 Å². The van der Waals surface area contributed by atoms with Crippen LogP contribution in [0, 0.1) is 18.3 Å². The highest BCUT2D eigenvalue weighted by atomic mass is 32.1. The maximum Gasteiger partial charge on any atom is 0.169 e. The molecule has 0 bridgehead atoms. The summed E-state index contributed by atoms with van der Waals surface area (Å²) in [6, 6.07) is 9.82. The van der Waals surface area contributed by atoms with Crippen LogP contribution in [0.5, 0.6) is 0 Å². The number of hydrogen-bond acceptors (Lipinski definition) is 5. The van der Waals surface area contributed by atoms with Gasteiger partial charge in [0.05, 0.1) is 6.07 Å². The monoisotopic (exact) mass is 275 g/mol. The first-order valence-electron chi connectivity index (χ1n) is 5.66. The second kappa shape index (κ2) is 6.98. The predicted octanol–water partition coefficient (Wildman–Crippen LogP) is 3.75. The first-order valence-corrected chi connectivity index (χ1v) is 6.48. The first kappa shape index (κ1) is 15.3. The summed E-state index contributed by atoms with van der Waals surface area (Å²) in [7, 11) is 0. The third kappa shape index (κ3) is 3.60. The summed E-state index contributed by atoms with van der Waals surface area (Å²) in [5, 5.41) is 18.9. The number of aryl methyl sites for hydroxylation is 1. The van der Waals surface area contributed by atoms with E-state index < -0.39 is 6.10 Å². The van der Waals surface area contributed by atoms with Gasteiger partial charge in [-0.1, -0.05) is 43.0 Å². The molecule has 0 aliphatic rings. The number of hydrogen-bond donors (Lipinski definition) is 0. The zero-order valence-corrected chi connectivity index (χ0v) is 11.1. The molecule has 1 unspecified atom stereocenters. The maximum absolute atomic E-state index is 9.00. The molecule has 1 atom stereocenters. The number of ether oxygens (including phenoxy) is 1. The lowest BCUT2D eigenvalue weighted by Crippen LogP contribution is -2.01. The molecule has 0 spiro atoms. The Morgan fingerprint density at radius 1 is 1.32 bits per heavy atom.